The first kappa shape index (κ1) is 34.8. The second-order valence-corrected chi connectivity index (χ2v) is 14.8. The summed E-state index contributed by atoms with van der Waals surface area (Å²) in [6.45, 7) is 8.13. The highest BCUT2D eigenvalue weighted by atomic mass is 16.6. The van der Waals surface area contributed by atoms with Crippen molar-refractivity contribution >= 4 is 44.5 Å². The summed E-state index contributed by atoms with van der Waals surface area (Å²) in [7, 11) is 2.11. The van der Waals surface area contributed by atoms with E-state index in [-0.39, 0.29) is 12.0 Å². The highest BCUT2D eigenvalue weighted by Crippen LogP contribution is 2.50. The zero-order valence-corrected chi connectivity index (χ0v) is 29.6. The lowest BCUT2D eigenvalue weighted by molar-refractivity contribution is -0.401. The third-order valence-corrected chi connectivity index (χ3v) is 10.9. The number of nitrogens with one attached hydrogen (secondary N) is 1. The van der Waals surface area contributed by atoms with Gasteiger partial charge in [-0.25, -0.2) is 0 Å². The second kappa shape index (κ2) is 13.2. The van der Waals surface area contributed by atoms with E-state index in [1.807, 2.05) is 47.4 Å². The molecule has 7 rings (SSSR count). The molecule has 0 aliphatic carbocycles. The van der Waals surface area contributed by atoms with Crippen LogP contribution in [0.4, 0.5) is 11.4 Å². The van der Waals surface area contributed by atoms with Crippen molar-refractivity contribution in [1.82, 2.24) is 5.32 Å². The fraction of sp³-hybridized carbons (Fsp3) is 0.333. The number of anilines is 1. The number of carbonyl (C=O) groups is 1. The molecule has 9 heteroatoms. The molecular formula is C42H46N3O6+. The number of ether oxygens (including phenoxy) is 1. The van der Waals surface area contributed by atoms with E-state index in [0.29, 0.717) is 0 Å². The number of hydrogen-bond acceptors (Lipinski definition) is 7. The molecule has 0 radical (unpaired) electrons. The van der Waals surface area contributed by atoms with Crippen molar-refractivity contribution in [3.63, 3.8) is 0 Å². The zero-order valence-electron chi connectivity index (χ0n) is 29.6. The summed E-state index contributed by atoms with van der Waals surface area (Å²) in [6.07, 6.45) is 4.48. The summed E-state index contributed by atoms with van der Waals surface area (Å²) in [6, 6.07) is 23.9. The van der Waals surface area contributed by atoms with E-state index in [0.717, 1.165) is 27.7 Å². The van der Waals surface area contributed by atoms with Gasteiger partial charge in [-0.05, 0) is 59.2 Å². The largest absolute Gasteiger partial charge is 0.394 e. The second-order valence-electron chi connectivity index (χ2n) is 14.8. The van der Waals surface area contributed by atoms with Crippen LogP contribution >= 0.6 is 0 Å². The predicted molar refractivity (Wildman–Crippen MR) is 200 cm³/mol. The molecule has 5 unspecified atom stereocenters. The summed E-state index contributed by atoms with van der Waals surface area (Å²) in [5, 5.41) is 48.3. The molecule has 0 aromatic heterocycles. The minimum Gasteiger partial charge on any atom is -0.394 e. The molecular weight excluding hydrogens is 642 g/mol. The van der Waals surface area contributed by atoms with E-state index in [9.17, 15) is 25.2 Å². The minimum absolute atomic E-state index is 0.108. The summed E-state index contributed by atoms with van der Waals surface area (Å²) in [4.78, 5) is 15.6. The lowest BCUT2D eigenvalue weighted by Gasteiger charge is -2.40. The Labute approximate surface area is 298 Å². The normalized spacial score (nSPS) is 26.2. The van der Waals surface area contributed by atoms with Crippen LogP contribution in [0.15, 0.2) is 109 Å². The molecule has 1 saturated heterocycles. The van der Waals surface area contributed by atoms with Crippen molar-refractivity contribution in [3.05, 3.63) is 120 Å². The highest BCUT2D eigenvalue weighted by Gasteiger charge is 2.46. The van der Waals surface area contributed by atoms with Crippen LogP contribution in [0.3, 0.4) is 0 Å². The van der Waals surface area contributed by atoms with E-state index < -0.39 is 48.6 Å². The molecule has 9 nitrogen and oxygen atoms in total. The van der Waals surface area contributed by atoms with Crippen LogP contribution in [0.2, 0.25) is 0 Å². The highest BCUT2D eigenvalue weighted by molar-refractivity contribution is 6.07. The SMILES string of the molecule is C[N+]1=C(C=CC=CC=C2N(CC(=O)NC3C(O)OC(CO)C(O)C3O)c3ccc4ccccc4c3C2(C)C)C(C)(C)c2c1ccc1ccccc21. The number of aliphatic hydroxyl groups is 4. The Hall–Kier alpha value is -4.64. The molecule has 0 bridgehead atoms. The maximum Gasteiger partial charge on any atom is 0.240 e. The minimum atomic E-state index is -1.60. The topological polar surface area (TPSA) is 126 Å². The smallest absolute Gasteiger partial charge is 0.240 e. The molecule has 3 aliphatic rings. The molecule has 51 heavy (non-hydrogen) atoms. The van der Waals surface area contributed by atoms with Crippen molar-refractivity contribution in [2.24, 2.45) is 0 Å². The van der Waals surface area contributed by atoms with E-state index >= 15 is 0 Å². The van der Waals surface area contributed by atoms with Gasteiger partial charge in [-0.2, -0.15) is 4.58 Å². The van der Waals surface area contributed by atoms with Gasteiger partial charge in [0.15, 0.2) is 12.0 Å². The maximum absolute atomic E-state index is 13.6. The van der Waals surface area contributed by atoms with Gasteiger partial charge in [0.1, 0.15) is 37.9 Å². The number of allylic oxidation sites excluding steroid dienone is 6. The lowest BCUT2D eigenvalue weighted by atomic mass is 9.79. The van der Waals surface area contributed by atoms with Gasteiger partial charge in [-0.1, -0.05) is 86.7 Å². The fourth-order valence-corrected chi connectivity index (χ4v) is 8.38. The molecule has 0 saturated carbocycles. The lowest BCUT2D eigenvalue weighted by Crippen LogP contribution is -2.64. The van der Waals surface area contributed by atoms with E-state index in [4.69, 9.17) is 4.74 Å². The Morgan fingerprint density at radius 3 is 2.18 bits per heavy atom. The molecule has 1 fully saturated rings. The van der Waals surface area contributed by atoms with Gasteiger partial charge in [0.2, 0.25) is 11.6 Å². The number of nitrogens with zero attached hydrogens (tertiary/aromatic N) is 2. The Bertz CT molecular complexity index is 2150. The van der Waals surface area contributed by atoms with Crippen LogP contribution in [-0.4, -0.2) is 87.5 Å². The average Bonchev–Trinajstić information content (AvgIpc) is 3.45. The fourth-order valence-electron chi connectivity index (χ4n) is 8.38. The van der Waals surface area contributed by atoms with Crippen molar-refractivity contribution in [2.75, 3.05) is 25.1 Å². The number of hydrogen-bond donors (Lipinski definition) is 5. The number of fused-ring (bicyclic) bond motifs is 6. The van der Waals surface area contributed by atoms with Gasteiger partial charge >= 0.3 is 0 Å². The molecule has 4 aromatic carbocycles. The molecule has 3 heterocycles. The van der Waals surface area contributed by atoms with Gasteiger partial charge in [0.05, 0.1) is 12.0 Å². The monoisotopic (exact) mass is 688 g/mol. The van der Waals surface area contributed by atoms with Crippen LogP contribution in [0, 0.1) is 0 Å². The van der Waals surface area contributed by atoms with Crippen LogP contribution < -0.4 is 10.2 Å². The molecule has 0 spiro atoms. The summed E-state index contributed by atoms with van der Waals surface area (Å²) in [5.74, 6) is -0.474. The maximum atomic E-state index is 13.6. The Balaban J connectivity index is 1.18. The first-order valence-electron chi connectivity index (χ1n) is 17.4. The molecule has 3 aliphatic heterocycles. The molecule has 4 aromatic rings. The van der Waals surface area contributed by atoms with Crippen molar-refractivity contribution in [3.8, 4) is 0 Å². The van der Waals surface area contributed by atoms with Crippen LogP contribution in [0.25, 0.3) is 21.5 Å². The van der Waals surface area contributed by atoms with Gasteiger partial charge in [0, 0.05) is 34.5 Å². The summed E-state index contributed by atoms with van der Waals surface area (Å²) >= 11 is 0. The molecule has 1 amide bonds. The first-order chi connectivity index (χ1) is 24.4. The summed E-state index contributed by atoms with van der Waals surface area (Å²) in [5.41, 5.74) is 5.93. The number of benzene rings is 4. The van der Waals surface area contributed by atoms with Gasteiger partial charge in [-0.15, -0.1) is 0 Å². The molecule has 264 valence electrons. The van der Waals surface area contributed by atoms with Crippen LogP contribution in [-0.2, 0) is 20.4 Å². The Kier molecular flexibility index (Phi) is 8.98. The van der Waals surface area contributed by atoms with E-state index in [1.165, 1.54) is 27.7 Å². The average molecular weight is 689 g/mol. The van der Waals surface area contributed by atoms with Gasteiger partial charge in [-0.3, -0.25) is 4.79 Å². The van der Waals surface area contributed by atoms with Gasteiger partial charge < -0.3 is 35.4 Å². The Morgan fingerprint density at radius 2 is 1.49 bits per heavy atom. The summed E-state index contributed by atoms with van der Waals surface area (Å²) < 4.78 is 7.53. The zero-order chi connectivity index (χ0) is 36.2. The van der Waals surface area contributed by atoms with Crippen molar-refractivity contribution in [2.45, 2.75) is 69.2 Å². The molecule has 5 N–H and O–H groups in total. The number of amides is 1. The quantitative estimate of drug-likeness (QED) is 0.141. The Morgan fingerprint density at radius 1 is 0.843 bits per heavy atom. The van der Waals surface area contributed by atoms with Gasteiger partial charge in [0.25, 0.3) is 0 Å². The number of aliphatic hydroxyl groups excluding tert-OH is 4. The first-order valence-corrected chi connectivity index (χ1v) is 17.4. The third kappa shape index (κ3) is 5.79. The van der Waals surface area contributed by atoms with E-state index in [2.05, 4.69) is 105 Å². The van der Waals surface area contributed by atoms with Crippen LogP contribution in [0.5, 0.6) is 0 Å². The number of rotatable bonds is 7. The van der Waals surface area contributed by atoms with Crippen LogP contribution in [0.1, 0.15) is 38.8 Å². The third-order valence-electron chi connectivity index (χ3n) is 10.9. The number of carbonyl (C=O) groups excluding carboxylic acids is 1. The molecule has 5 atom stereocenters. The van der Waals surface area contributed by atoms with E-state index in [1.54, 1.807) is 0 Å². The predicted octanol–water partition coefficient (Wildman–Crippen LogP) is 4.71. The van der Waals surface area contributed by atoms with Crippen molar-refractivity contribution < 1.29 is 34.5 Å². The van der Waals surface area contributed by atoms with Crippen molar-refractivity contribution in [1.29, 1.82) is 0 Å². The standard InChI is InChI=1S/C42H45N3O6/c1-41(2)32(44(5)29-21-19-25-13-9-11-15-27(25)35(29)41)17-7-6-8-18-33-42(3,4)36-28-16-12-10-14-26(28)20-22-30(36)45(33)23-34(47)43-37-39(49)38(48)31(24-46)51-40(37)50/h6-22,31,37-40,46,48-50H,23-24H2,1-5H3/p+1.